The van der Waals surface area contributed by atoms with Crippen molar-refractivity contribution in [2.45, 2.75) is 0 Å². The Kier molecular flexibility index (Phi) is 6.10. The second kappa shape index (κ2) is 8.99. The van der Waals surface area contributed by atoms with Gasteiger partial charge in [0.25, 0.3) is 11.1 Å². The second-order valence-corrected chi connectivity index (χ2v) is 7.93. The van der Waals surface area contributed by atoms with Crippen LogP contribution in [0.4, 0.5) is 23.7 Å². The molecule has 3 aromatic carbocycles. The maximum atomic E-state index is 13.8. The molecule has 4 rings (SSSR count). The third kappa shape index (κ3) is 4.29. The molecule has 168 valence electrons. The molecule has 1 saturated heterocycles. The normalized spacial score (nSPS) is 14.9. The lowest BCUT2D eigenvalue weighted by molar-refractivity contribution is -0.127. The highest BCUT2D eigenvalue weighted by atomic mass is 32.2. The van der Waals surface area contributed by atoms with E-state index in [0.717, 1.165) is 16.8 Å². The number of carbonyl (C=O) groups excluding carboxylic acids is 3. The zero-order valence-corrected chi connectivity index (χ0v) is 17.8. The summed E-state index contributed by atoms with van der Waals surface area (Å²) in [4.78, 5) is 38.2. The number of fused-ring (bicyclic) bond motifs is 1. The molecule has 33 heavy (non-hydrogen) atoms. The number of hydrogen-bond acceptors (Lipinski definition) is 5. The van der Waals surface area contributed by atoms with Gasteiger partial charge in [0, 0.05) is 5.56 Å². The van der Waals surface area contributed by atoms with E-state index < -0.39 is 46.7 Å². The maximum Gasteiger partial charge on any atom is 0.294 e. The number of nitrogens with one attached hydrogen (secondary N) is 1. The second-order valence-electron chi connectivity index (χ2n) is 6.94. The van der Waals surface area contributed by atoms with Crippen molar-refractivity contribution < 1.29 is 32.3 Å². The number of rotatable bonds is 5. The van der Waals surface area contributed by atoms with E-state index in [1.807, 2.05) is 35.6 Å². The fraction of sp³-hybridized carbons (Fsp3) is 0.0870. The van der Waals surface area contributed by atoms with E-state index in [1.165, 1.54) is 13.2 Å². The van der Waals surface area contributed by atoms with Gasteiger partial charge in [-0.05, 0) is 46.8 Å². The minimum absolute atomic E-state index is 0.0708. The van der Waals surface area contributed by atoms with Crippen LogP contribution in [0.2, 0.25) is 0 Å². The zero-order chi connectivity index (χ0) is 23.7. The Hall–Kier alpha value is -3.79. The van der Waals surface area contributed by atoms with Gasteiger partial charge in [0.05, 0.1) is 17.7 Å². The van der Waals surface area contributed by atoms with Crippen molar-refractivity contribution in [3.8, 4) is 5.75 Å². The van der Waals surface area contributed by atoms with E-state index >= 15 is 0 Å². The van der Waals surface area contributed by atoms with Crippen LogP contribution in [-0.2, 0) is 9.59 Å². The molecule has 0 aliphatic carbocycles. The van der Waals surface area contributed by atoms with Crippen LogP contribution in [0.15, 0.2) is 53.4 Å². The number of nitrogens with zero attached hydrogens (tertiary/aromatic N) is 1. The van der Waals surface area contributed by atoms with Crippen molar-refractivity contribution in [2.75, 3.05) is 19.0 Å². The average Bonchev–Trinajstić information content (AvgIpc) is 3.07. The van der Waals surface area contributed by atoms with Crippen molar-refractivity contribution in [1.29, 1.82) is 0 Å². The zero-order valence-electron chi connectivity index (χ0n) is 17.0. The van der Waals surface area contributed by atoms with Crippen molar-refractivity contribution in [3.05, 3.63) is 76.5 Å². The van der Waals surface area contributed by atoms with Gasteiger partial charge >= 0.3 is 0 Å². The van der Waals surface area contributed by atoms with Crippen molar-refractivity contribution in [3.63, 3.8) is 0 Å². The summed E-state index contributed by atoms with van der Waals surface area (Å²) in [6.07, 6.45) is 1.51. The molecule has 0 bridgehead atoms. The summed E-state index contributed by atoms with van der Waals surface area (Å²) in [5.41, 5.74) is -0.0173. The van der Waals surface area contributed by atoms with E-state index in [9.17, 15) is 27.6 Å². The van der Waals surface area contributed by atoms with Gasteiger partial charge < -0.3 is 10.1 Å². The minimum atomic E-state index is -1.74. The molecule has 10 heteroatoms. The molecule has 3 aromatic rings. The fourth-order valence-corrected chi connectivity index (χ4v) is 4.15. The van der Waals surface area contributed by atoms with Gasteiger partial charge in [-0.1, -0.05) is 30.3 Å². The summed E-state index contributed by atoms with van der Waals surface area (Å²) in [5.74, 6) is -5.92. The Morgan fingerprint density at radius 1 is 1.06 bits per heavy atom. The van der Waals surface area contributed by atoms with Crippen LogP contribution in [0.3, 0.4) is 0 Å². The average molecular weight is 472 g/mol. The summed E-state index contributed by atoms with van der Waals surface area (Å²) < 4.78 is 45.6. The monoisotopic (exact) mass is 472 g/mol. The molecule has 3 amide bonds. The van der Waals surface area contributed by atoms with Gasteiger partial charge in [0.2, 0.25) is 5.91 Å². The summed E-state index contributed by atoms with van der Waals surface area (Å²) in [6.45, 7) is -0.729. The number of amides is 3. The predicted octanol–water partition coefficient (Wildman–Crippen LogP) is 4.94. The SMILES string of the molecule is COc1ccc2ccccc2c1/C=C1/SC(=O)N(CC(=O)Nc2ccc(F)c(F)c2F)C1=O. The Balaban J connectivity index is 1.58. The molecule has 1 aliphatic rings. The number of benzene rings is 3. The van der Waals surface area contributed by atoms with Gasteiger partial charge in [-0.25, -0.2) is 13.2 Å². The van der Waals surface area contributed by atoms with Crippen molar-refractivity contribution in [2.24, 2.45) is 0 Å². The predicted molar refractivity (Wildman–Crippen MR) is 118 cm³/mol. The van der Waals surface area contributed by atoms with Crippen LogP contribution in [0.25, 0.3) is 16.8 Å². The van der Waals surface area contributed by atoms with Gasteiger partial charge in [-0.3, -0.25) is 19.3 Å². The van der Waals surface area contributed by atoms with Crippen molar-refractivity contribution >= 4 is 51.4 Å². The summed E-state index contributed by atoms with van der Waals surface area (Å²) in [6, 6.07) is 12.5. The molecule has 1 heterocycles. The number of anilines is 1. The van der Waals surface area contributed by atoms with E-state index in [0.29, 0.717) is 34.0 Å². The third-order valence-electron chi connectivity index (χ3n) is 4.91. The first-order valence-electron chi connectivity index (χ1n) is 9.54. The Labute approximate surface area is 190 Å². The minimum Gasteiger partial charge on any atom is -0.496 e. The maximum absolute atomic E-state index is 13.8. The topological polar surface area (TPSA) is 75.7 Å². The Bertz CT molecular complexity index is 1340. The standard InChI is InChI=1S/C23H15F3N2O4S/c1-32-17-9-6-12-4-2-3-5-13(12)14(17)10-18-22(30)28(23(31)33-18)11-19(29)27-16-8-7-15(24)20(25)21(16)26/h2-10H,11H2,1H3,(H,27,29)/b18-10+. The first-order chi connectivity index (χ1) is 15.8. The number of carbonyl (C=O) groups is 3. The molecule has 6 nitrogen and oxygen atoms in total. The summed E-state index contributed by atoms with van der Waals surface area (Å²) in [5, 5.41) is 3.04. The molecular formula is C23H15F3N2O4S. The quantitative estimate of drug-likeness (QED) is 0.421. The number of thioether (sulfide) groups is 1. The van der Waals surface area contributed by atoms with E-state index in [2.05, 4.69) is 0 Å². The number of ether oxygens (including phenoxy) is 1. The molecule has 0 spiro atoms. The van der Waals surface area contributed by atoms with Crippen LogP contribution < -0.4 is 10.1 Å². The third-order valence-corrected chi connectivity index (χ3v) is 5.82. The largest absolute Gasteiger partial charge is 0.496 e. The molecular weight excluding hydrogens is 457 g/mol. The lowest BCUT2D eigenvalue weighted by atomic mass is 10.0. The van der Waals surface area contributed by atoms with Gasteiger partial charge in [0.15, 0.2) is 17.5 Å². The van der Waals surface area contributed by atoms with E-state index in [1.54, 1.807) is 6.07 Å². The molecule has 0 radical (unpaired) electrons. The highest BCUT2D eigenvalue weighted by Gasteiger charge is 2.36. The summed E-state index contributed by atoms with van der Waals surface area (Å²) in [7, 11) is 1.48. The van der Waals surface area contributed by atoms with Crippen molar-refractivity contribution in [1.82, 2.24) is 4.90 Å². The van der Waals surface area contributed by atoms with E-state index in [4.69, 9.17) is 4.74 Å². The van der Waals surface area contributed by atoms with Crippen LogP contribution >= 0.6 is 11.8 Å². The van der Waals surface area contributed by atoms with Crippen LogP contribution in [0, 0.1) is 17.5 Å². The molecule has 1 N–H and O–H groups in total. The number of hydrogen-bond donors (Lipinski definition) is 1. The lowest BCUT2D eigenvalue weighted by Gasteiger charge is -2.13. The Morgan fingerprint density at radius 2 is 1.82 bits per heavy atom. The van der Waals surface area contributed by atoms with Gasteiger partial charge in [-0.15, -0.1) is 0 Å². The highest BCUT2D eigenvalue weighted by molar-refractivity contribution is 8.18. The smallest absolute Gasteiger partial charge is 0.294 e. The lowest BCUT2D eigenvalue weighted by Crippen LogP contribution is -2.36. The fourth-order valence-electron chi connectivity index (χ4n) is 3.33. The Morgan fingerprint density at radius 3 is 2.58 bits per heavy atom. The molecule has 1 fully saturated rings. The van der Waals surface area contributed by atoms with Crippen LogP contribution in [-0.4, -0.2) is 35.6 Å². The van der Waals surface area contributed by atoms with E-state index in [-0.39, 0.29) is 4.91 Å². The van der Waals surface area contributed by atoms with Gasteiger partial charge in [0.1, 0.15) is 12.3 Å². The molecule has 0 unspecified atom stereocenters. The number of methoxy groups -OCH3 is 1. The first kappa shape index (κ1) is 22.4. The summed E-state index contributed by atoms with van der Waals surface area (Å²) >= 11 is 0.640. The van der Waals surface area contributed by atoms with Crippen LogP contribution in [0.5, 0.6) is 5.75 Å². The van der Waals surface area contributed by atoms with Gasteiger partial charge in [-0.2, -0.15) is 0 Å². The molecule has 1 aliphatic heterocycles. The first-order valence-corrected chi connectivity index (χ1v) is 10.4. The number of imide groups is 1. The number of halogens is 3. The molecule has 0 aromatic heterocycles. The molecule has 0 atom stereocenters. The van der Waals surface area contributed by atoms with Crippen LogP contribution in [0.1, 0.15) is 5.56 Å². The molecule has 0 saturated carbocycles. The highest BCUT2D eigenvalue weighted by Crippen LogP contribution is 2.36.